The zero-order valence-corrected chi connectivity index (χ0v) is 19.7. The summed E-state index contributed by atoms with van der Waals surface area (Å²) in [6.07, 6.45) is 1.53. The number of nitrogens with zero attached hydrogens (tertiary/aromatic N) is 1. The second-order valence-corrected chi connectivity index (χ2v) is 8.23. The van der Waals surface area contributed by atoms with Gasteiger partial charge < -0.3 is 14.8 Å². The molecule has 0 radical (unpaired) electrons. The van der Waals surface area contributed by atoms with E-state index in [1.165, 1.54) is 6.08 Å². The van der Waals surface area contributed by atoms with E-state index in [0.29, 0.717) is 29.4 Å². The van der Waals surface area contributed by atoms with E-state index < -0.39 is 5.91 Å². The van der Waals surface area contributed by atoms with Crippen LogP contribution in [0.3, 0.4) is 0 Å². The highest BCUT2D eigenvalue weighted by molar-refractivity contribution is 9.10. The van der Waals surface area contributed by atoms with Gasteiger partial charge in [-0.2, -0.15) is 5.26 Å². The number of carbonyl (C=O) groups is 1. The van der Waals surface area contributed by atoms with Crippen molar-refractivity contribution in [3.63, 3.8) is 0 Å². The fourth-order valence-corrected chi connectivity index (χ4v) is 3.43. The molecule has 0 unspecified atom stereocenters. The molecule has 0 aliphatic rings. The quantitative estimate of drug-likeness (QED) is 0.279. The van der Waals surface area contributed by atoms with E-state index in [4.69, 9.17) is 9.47 Å². The number of halogens is 2. The molecule has 1 amide bonds. The molecule has 1 N–H and O–H groups in total. The summed E-state index contributed by atoms with van der Waals surface area (Å²) in [5.74, 6) is 0.863. The van der Waals surface area contributed by atoms with Gasteiger partial charge in [-0.15, -0.1) is 0 Å². The number of ether oxygens (including phenoxy) is 2. The van der Waals surface area contributed by atoms with E-state index in [0.717, 1.165) is 14.5 Å². The fraction of sp³-hybridized carbons (Fsp3) is 0.0833. The van der Waals surface area contributed by atoms with E-state index in [2.05, 4.69) is 37.2 Å². The summed E-state index contributed by atoms with van der Waals surface area (Å²) in [7, 11) is 1.57. The molecule has 3 aromatic rings. The lowest BCUT2D eigenvalue weighted by molar-refractivity contribution is -0.112. The minimum atomic E-state index is -0.487. The monoisotopic (exact) mass is 540 g/mol. The average molecular weight is 542 g/mol. The number of nitrogens with one attached hydrogen (secondary N) is 1. The van der Waals surface area contributed by atoms with Crippen molar-refractivity contribution >= 4 is 49.5 Å². The van der Waals surface area contributed by atoms with Crippen LogP contribution < -0.4 is 14.8 Å². The summed E-state index contributed by atoms with van der Waals surface area (Å²) in [5, 5.41) is 12.1. The zero-order chi connectivity index (χ0) is 22.2. The van der Waals surface area contributed by atoms with Crippen molar-refractivity contribution in [3.8, 4) is 17.6 Å². The van der Waals surface area contributed by atoms with Crippen LogP contribution in [0.25, 0.3) is 6.08 Å². The van der Waals surface area contributed by atoms with Crippen LogP contribution in [0.5, 0.6) is 11.5 Å². The highest BCUT2D eigenvalue weighted by atomic mass is 79.9. The maximum absolute atomic E-state index is 12.5. The minimum Gasteiger partial charge on any atom is -0.497 e. The van der Waals surface area contributed by atoms with Crippen molar-refractivity contribution in [2.75, 3.05) is 12.4 Å². The Kier molecular flexibility index (Phi) is 7.88. The number of amides is 1. The zero-order valence-electron chi connectivity index (χ0n) is 16.6. The fourth-order valence-electron chi connectivity index (χ4n) is 2.65. The largest absolute Gasteiger partial charge is 0.497 e. The molecule has 0 spiro atoms. The number of hydrogen-bond acceptors (Lipinski definition) is 4. The molecule has 156 valence electrons. The molecule has 3 aromatic carbocycles. The van der Waals surface area contributed by atoms with E-state index in [-0.39, 0.29) is 5.57 Å². The molecule has 0 fully saturated rings. The van der Waals surface area contributed by atoms with Crippen LogP contribution in [0.15, 0.2) is 81.2 Å². The van der Waals surface area contributed by atoms with Crippen molar-refractivity contribution in [2.45, 2.75) is 6.61 Å². The number of anilines is 1. The minimum absolute atomic E-state index is 0.00810. The van der Waals surface area contributed by atoms with Crippen molar-refractivity contribution in [1.82, 2.24) is 0 Å². The summed E-state index contributed by atoms with van der Waals surface area (Å²) in [5.41, 5.74) is 2.31. The lowest BCUT2D eigenvalue weighted by Gasteiger charge is -2.09. The first-order chi connectivity index (χ1) is 15.0. The van der Waals surface area contributed by atoms with Crippen LogP contribution in [0.2, 0.25) is 0 Å². The molecule has 0 saturated heterocycles. The van der Waals surface area contributed by atoms with Gasteiger partial charge in [-0.1, -0.05) is 34.1 Å². The Balaban J connectivity index is 1.68. The van der Waals surface area contributed by atoms with Gasteiger partial charge in [-0.25, -0.2) is 0 Å². The first kappa shape index (κ1) is 22.6. The second kappa shape index (κ2) is 10.8. The Morgan fingerprint density at radius 3 is 2.39 bits per heavy atom. The topological polar surface area (TPSA) is 71.3 Å². The molecule has 0 aromatic heterocycles. The van der Waals surface area contributed by atoms with Crippen LogP contribution in [-0.2, 0) is 11.4 Å². The van der Waals surface area contributed by atoms with E-state index in [1.807, 2.05) is 30.3 Å². The predicted octanol–water partition coefficient (Wildman–Crippen LogP) is 6.34. The van der Waals surface area contributed by atoms with Crippen LogP contribution >= 0.6 is 31.9 Å². The molecule has 3 rings (SSSR count). The number of hydrogen-bond donors (Lipinski definition) is 1. The van der Waals surface area contributed by atoms with Crippen LogP contribution in [-0.4, -0.2) is 13.0 Å². The van der Waals surface area contributed by atoms with Gasteiger partial charge in [0.05, 0.1) is 11.6 Å². The van der Waals surface area contributed by atoms with Gasteiger partial charge in [0.2, 0.25) is 0 Å². The van der Waals surface area contributed by atoms with E-state index in [9.17, 15) is 10.1 Å². The first-order valence-corrected chi connectivity index (χ1v) is 10.8. The standard InChI is InChI=1S/C24H18Br2N2O3/c1-30-21-9-7-20(8-10-21)28-24(29)18(14-27)12-17-4-11-23(22(26)13-17)31-15-16-2-5-19(25)6-3-16/h2-13H,15H2,1H3,(H,28,29)/b18-12+. The third-order valence-corrected chi connectivity index (χ3v) is 5.44. The SMILES string of the molecule is COc1ccc(NC(=O)/C(C#N)=C/c2ccc(OCc3ccc(Br)cc3)c(Br)c2)cc1. The molecule has 31 heavy (non-hydrogen) atoms. The molecule has 0 aliphatic carbocycles. The number of rotatable bonds is 7. The van der Waals surface area contributed by atoms with Crippen molar-refractivity contribution < 1.29 is 14.3 Å². The van der Waals surface area contributed by atoms with Crippen molar-refractivity contribution in [3.05, 3.63) is 92.4 Å². The van der Waals surface area contributed by atoms with E-state index in [1.54, 1.807) is 49.6 Å². The molecular formula is C24H18Br2N2O3. The Bertz CT molecular complexity index is 1130. The van der Waals surface area contributed by atoms with Crippen molar-refractivity contribution in [1.29, 1.82) is 5.26 Å². The van der Waals surface area contributed by atoms with Gasteiger partial charge in [0.25, 0.3) is 5.91 Å². The summed E-state index contributed by atoms with van der Waals surface area (Å²) in [6.45, 7) is 0.425. The lowest BCUT2D eigenvalue weighted by atomic mass is 10.1. The van der Waals surface area contributed by atoms with Gasteiger partial charge in [0, 0.05) is 10.2 Å². The predicted molar refractivity (Wildman–Crippen MR) is 128 cm³/mol. The van der Waals surface area contributed by atoms with Crippen LogP contribution in [0.4, 0.5) is 5.69 Å². The maximum atomic E-state index is 12.5. The Morgan fingerprint density at radius 1 is 1.06 bits per heavy atom. The number of methoxy groups -OCH3 is 1. The molecule has 5 nitrogen and oxygen atoms in total. The molecule has 0 saturated carbocycles. The Morgan fingerprint density at radius 2 is 1.77 bits per heavy atom. The maximum Gasteiger partial charge on any atom is 0.266 e. The normalized spacial score (nSPS) is 10.8. The second-order valence-electron chi connectivity index (χ2n) is 6.46. The number of benzene rings is 3. The molecule has 0 aliphatic heterocycles. The number of carbonyl (C=O) groups excluding carboxylic acids is 1. The third-order valence-electron chi connectivity index (χ3n) is 4.29. The van der Waals surface area contributed by atoms with Gasteiger partial charge >= 0.3 is 0 Å². The third kappa shape index (κ3) is 6.45. The lowest BCUT2D eigenvalue weighted by Crippen LogP contribution is -2.13. The van der Waals surface area contributed by atoms with Gasteiger partial charge in [-0.05, 0) is 81.7 Å². The Hall–Kier alpha value is -3.08. The number of nitriles is 1. The van der Waals surface area contributed by atoms with Crippen LogP contribution in [0, 0.1) is 11.3 Å². The molecular weight excluding hydrogens is 524 g/mol. The summed E-state index contributed by atoms with van der Waals surface area (Å²) in [4.78, 5) is 12.5. The summed E-state index contributed by atoms with van der Waals surface area (Å²) < 4.78 is 12.7. The molecule has 0 heterocycles. The van der Waals surface area contributed by atoms with Crippen LogP contribution in [0.1, 0.15) is 11.1 Å². The Labute approximate surface area is 197 Å². The van der Waals surface area contributed by atoms with E-state index >= 15 is 0 Å². The van der Waals surface area contributed by atoms with Crippen molar-refractivity contribution in [2.24, 2.45) is 0 Å². The molecule has 0 atom stereocenters. The van der Waals surface area contributed by atoms with Gasteiger partial charge in [0.15, 0.2) is 0 Å². The molecule has 7 heteroatoms. The summed E-state index contributed by atoms with van der Waals surface area (Å²) in [6, 6.07) is 22.1. The highest BCUT2D eigenvalue weighted by Crippen LogP contribution is 2.28. The first-order valence-electron chi connectivity index (χ1n) is 9.22. The average Bonchev–Trinajstić information content (AvgIpc) is 2.78. The van der Waals surface area contributed by atoms with Gasteiger partial charge in [-0.3, -0.25) is 4.79 Å². The van der Waals surface area contributed by atoms with Gasteiger partial charge in [0.1, 0.15) is 29.7 Å². The summed E-state index contributed by atoms with van der Waals surface area (Å²) >= 11 is 6.90. The smallest absolute Gasteiger partial charge is 0.266 e. The highest BCUT2D eigenvalue weighted by Gasteiger charge is 2.11. The molecule has 0 bridgehead atoms.